The second-order valence-electron chi connectivity index (χ2n) is 5.52. The van der Waals surface area contributed by atoms with Gasteiger partial charge in [-0.15, -0.1) is 0 Å². The number of benzene rings is 2. The Balaban J connectivity index is 1.89. The lowest BCUT2D eigenvalue weighted by molar-refractivity contribution is 1.05. The summed E-state index contributed by atoms with van der Waals surface area (Å²) in [6, 6.07) is 22.2. The topological polar surface area (TPSA) is 12.9 Å². The van der Waals surface area contributed by atoms with Crippen LogP contribution in [0.15, 0.2) is 84.5 Å². The summed E-state index contributed by atoms with van der Waals surface area (Å²) in [6.07, 6.45) is 1.83. The Morgan fingerprint density at radius 3 is 2.58 bits per heavy atom. The summed E-state index contributed by atoms with van der Waals surface area (Å²) in [7, 11) is 0. The highest BCUT2D eigenvalue weighted by Gasteiger charge is 2.14. The van der Waals surface area contributed by atoms with Gasteiger partial charge in [0.15, 0.2) is 0 Å². The molecule has 120 valence electrons. The summed E-state index contributed by atoms with van der Waals surface area (Å²) in [6.45, 7) is 6.46. The minimum atomic E-state index is 0.312. The van der Waals surface area contributed by atoms with Crippen LogP contribution in [0.1, 0.15) is 28.9 Å². The molecule has 0 aliphatic rings. The Morgan fingerprint density at radius 1 is 1.04 bits per heavy atom. The number of thioether (sulfide) groups is 1. The molecule has 0 N–H and O–H groups in total. The third-order valence-corrected chi connectivity index (χ3v) is 5.24. The molecule has 1 nitrogen and oxygen atoms in total. The number of aromatic nitrogens is 1. The van der Waals surface area contributed by atoms with Crippen LogP contribution in [0.4, 0.5) is 0 Å². The van der Waals surface area contributed by atoms with E-state index in [1.165, 1.54) is 5.56 Å². The van der Waals surface area contributed by atoms with Gasteiger partial charge in [-0.3, -0.25) is 0 Å². The number of nitrogens with zero attached hydrogens (tertiary/aromatic N) is 1. The van der Waals surface area contributed by atoms with Crippen LogP contribution in [0.25, 0.3) is 5.57 Å². The van der Waals surface area contributed by atoms with E-state index in [0.717, 1.165) is 21.7 Å². The zero-order valence-corrected chi connectivity index (χ0v) is 15.0. The minimum Gasteiger partial charge on any atom is -0.249 e. The van der Waals surface area contributed by atoms with Gasteiger partial charge in [0.05, 0.1) is 0 Å². The summed E-state index contributed by atoms with van der Waals surface area (Å²) in [4.78, 5) is 4.58. The van der Waals surface area contributed by atoms with Crippen molar-refractivity contribution in [3.05, 3.63) is 101 Å². The van der Waals surface area contributed by atoms with Crippen LogP contribution in [0.5, 0.6) is 0 Å². The maximum atomic E-state index is 6.12. The minimum absolute atomic E-state index is 0.312. The molecule has 2 aromatic carbocycles. The summed E-state index contributed by atoms with van der Waals surface area (Å²) >= 11 is 7.86. The fourth-order valence-electron chi connectivity index (χ4n) is 2.51. The van der Waals surface area contributed by atoms with Crippen LogP contribution < -0.4 is 0 Å². The standard InChI is InChI=1S/C21H18ClNS/c1-15(18-10-6-11-19(22)14-18)20-12-7-13-23-21(20)24-16(2)17-8-4-3-5-9-17/h3-14,16H,1H2,2H3. The van der Waals surface area contributed by atoms with E-state index in [4.69, 9.17) is 11.6 Å². The van der Waals surface area contributed by atoms with Crippen LogP contribution in [-0.2, 0) is 0 Å². The maximum absolute atomic E-state index is 6.12. The first kappa shape index (κ1) is 16.8. The Hall–Kier alpha value is -2.03. The number of rotatable bonds is 5. The quantitative estimate of drug-likeness (QED) is 0.477. The first-order valence-corrected chi connectivity index (χ1v) is 9.03. The molecule has 0 aliphatic carbocycles. The van der Waals surface area contributed by atoms with Crippen molar-refractivity contribution in [1.29, 1.82) is 0 Å². The normalized spacial score (nSPS) is 11.9. The number of pyridine rings is 1. The largest absolute Gasteiger partial charge is 0.249 e. The molecule has 3 heteroatoms. The van der Waals surface area contributed by atoms with Crippen LogP contribution in [0.2, 0.25) is 5.02 Å². The van der Waals surface area contributed by atoms with Gasteiger partial charge in [0.2, 0.25) is 0 Å². The van der Waals surface area contributed by atoms with Gasteiger partial charge < -0.3 is 0 Å². The molecule has 0 fully saturated rings. The van der Waals surface area contributed by atoms with Crippen LogP contribution in [0.3, 0.4) is 0 Å². The molecule has 1 heterocycles. The predicted molar refractivity (Wildman–Crippen MR) is 105 cm³/mol. The molecule has 0 saturated heterocycles. The highest BCUT2D eigenvalue weighted by atomic mass is 35.5. The van der Waals surface area contributed by atoms with E-state index in [0.29, 0.717) is 10.3 Å². The summed E-state index contributed by atoms with van der Waals surface area (Å²) in [5.41, 5.74) is 4.29. The highest BCUT2D eigenvalue weighted by molar-refractivity contribution is 7.99. The van der Waals surface area contributed by atoms with Crippen LogP contribution in [0, 0.1) is 0 Å². The molecule has 0 amide bonds. The molecule has 0 saturated carbocycles. The van der Waals surface area contributed by atoms with Gasteiger partial charge in [0, 0.05) is 22.0 Å². The molecule has 1 atom stereocenters. The SMILES string of the molecule is C=C(c1cccc(Cl)c1)c1cccnc1SC(C)c1ccccc1. The van der Waals surface area contributed by atoms with Gasteiger partial charge in [0.25, 0.3) is 0 Å². The van der Waals surface area contributed by atoms with Crippen molar-refractivity contribution >= 4 is 28.9 Å². The average Bonchev–Trinajstić information content (AvgIpc) is 2.62. The summed E-state index contributed by atoms with van der Waals surface area (Å²) < 4.78 is 0. The molecule has 3 rings (SSSR count). The van der Waals surface area contributed by atoms with Gasteiger partial charge >= 0.3 is 0 Å². The summed E-state index contributed by atoms with van der Waals surface area (Å²) in [5.74, 6) is 0. The van der Waals surface area contributed by atoms with Crippen LogP contribution in [-0.4, -0.2) is 4.98 Å². The molecule has 3 aromatic rings. The number of halogens is 1. The van der Waals surface area contributed by atoms with Crippen LogP contribution >= 0.6 is 23.4 Å². The Bertz CT molecular complexity index is 845. The lowest BCUT2D eigenvalue weighted by Crippen LogP contribution is -1.95. The van der Waals surface area contributed by atoms with Crippen molar-refractivity contribution < 1.29 is 0 Å². The molecule has 0 spiro atoms. The lowest BCUT2D eigenvalue weighted by atomic mass is 10.0. The molecule has 1 aromatic heterocycles. The molecule has 0 aliphatic heterocycles. The van der Waals surface area contributed by atoms with Crippen molar-refractivity contribution in [1.82, 2.24) is 4.98 Å². The third kappa shape index (κ3) is 3.89. The maximum Gasteiger partial charge on any atom is 0.104 e. The van der Waals surface area contributed by atoms with E-state index < -0.39 is 0 Å². The van der Waals surface area contributed by atoms with Crippen molar-refractivity contribution in [3.8, 4) is 0 Å². The Kier molecular flexibility index (Phi) is 5.39. The van der Waals surface area contributed by atoms with E-state index in [9.17, 15) is 0 Å². The van der Waals surface area contributed by atoms with E-state index in [2.05, 4.69) is 48.8 Å². The van der Waals surface area contributed by atoms with Crippen molar-refractivity contribution in [2.45, 2.75) is 17.2 Å². The van der Waals surface area contributed by atoms with Gasteiger partial charge in [-0.2, -0.15) is 0 Å². The van der Waals surface area contributed by atoms with E-state index in [1.54, 1.807) is 11.8 Å². The highest BCUT2D eigenvalue weighted by Crippen LogP contribution is 2.38. The Morgan fingerprint density at radius 2 is 1.83 bits per heavy atom. The second kappa shape index (κ2) is 7.69. The van der Waals surface area contributed by atoms with E-state index >= 15 is 0 Å². The van der Waals surface area contributed by atoms with Gasteiger partial charge in [-0.05, 0) is 41.8 Å². The average molecular weight is 352 g/mol. The lowest BCUT2D eigenvalue weighted by Gasteiger charge is -2.15. The fraction of sp³-hybridized carbons (Fsp3) is 0.0952. The Labute approximate surface area is 152 Å². The van der Waals surface area contributed by atoms with E-state index in [1.807, 2.05) is 42.6 Å². The molecule has 0 radical (unpaired) electrons. The smallest absolute Gasteiger partial charge is 0.104 e. The van der Waals surface area contributed by atoms with E-state index in [-0.39, 0.29) is 0 Å². The molecule has 0 bridgehead atoms. The van der Waals surface area contributed by atoms with Crippen molar-refractivity contribution in [2.75, 3.05) is 0 Å². The monoisotopic (exact) mass is 351 g/mol. The predicted octanol–water partition coefficient (Wildman–Crippen LogP) is 6.65. The first-order chi connectivity index (χ1) is 11.6. The second-order valence-corrected chi connectivity index (χ2v) is 7.28. The third-order valence-electron chi connectivity index (χ3n) is 3.83. The van der Waals surface area contributed by atoms with Gasteiger partial charge in [-0.25, -0.2) is 4.98 Å². The summed E-state index contributed by atoms with van der Waals surface area (Å²) in [5, 5.41) is 2.01. The molecular formula is C21H18ClNS. The zero-order chi connectivity index (χ0) is 16.9. The van der Waals surface area contributed by atoms with Gasteiger partial charge in [0.1, 0.15) is 5.03 Å². The number of hydrogen-bond donors (Lipinski definition) is 0. The van der Waals surface area contributed by atoms with Gasteiger partial charge in [-0.1, -0.05) is 78.5 Å². The van der Waals surface area contributed by atoms with Crippen molar-refractivity contribution in [2.24, 2.45) is 0 Å². The molecular weight excluding hydrogens is 334 g/mol. The van der Waals surface area contributed by atoms with Crippen molar-refractivity contribution in [3.63, 3.8) is 0 Å². The zero-order valence-electron chi connectivity index (χ0n) is 13.4. The number of hydrogen-bond acceptors (Lipinski definition) is 2. The molecule has 24 heavy (non-hydrogen) atoms. The first-order valence-electron chi connectivity index (χ1n) is 7.77. The fourth-order valence-corrected chi connectivity index (χ4v) is 3.76. The molecule has 1 unspecified atom stereocenters.